The molecule has 2 aromatic rings. The van der Waals surface area contributed by atoms with Crippen molar-refractivity contribution in [3.8, 4) is 5.75 Å². The highest BCUT2D eigenvalue weighted by Crippen LogP contribution is 2.54. The fourth-order valence-corrected chi connectivity index (χ4v) is 7.48. The molecule has 5 unspecified atom stereocenters. The first kappa shape index (κ1) is 31.6. The summed E-state index contributed by atoms with van der Waals surface area (Å²) < 4.78 is 0.855. The average Bonchev–Trinajstić information content (AvgIpc) is 2.93. The molecular weight excluding hydrogens is 636 g/mol. The first-order chi connectivity index (χ1) is 20.6. The number of fused-ring (bicyclic) bond motifs is 3. The van der Waals surface area contributed by atoms with E-state index in [1.54, 1.807) is 63.4 Å². The smallest absolute Gasteiger partial charge is 0.255 e. The Morgan fingerprint density at radius 2 is 1.75 bits per heavy atom. The Morgan fingerprint density at radius 1 is 1.11 bits per heavy atom. The maximum Gasteiger partial charge on any atom is 0.255 e. The van der Waals surface area contributed by atoms with Gasteiger partial charge in [-0.1, -0.05) is 28.1 Å². The van der Waals surface area contributed by atoms with Crippen LogP contribution in [0.1, 0.15) is 27.9 Å². The minimum Gasteiger partial charge on any atom is -0.510 e. The Labute approximate surface area is 262 Å². The molecule has 44 heavy (non-hydrogen) atoms. The molecule has 0 saturated heterocycles. The molecule has 0 bridgehead atoms. The number of Topliss-reactive ketones (excluding diaryl/α,β-unsaturated/α-hetero) is 2. The summed E-state index contributed by atoms with van der Waals surface area (Å²) in [5.74, 6) is -7.75. The lowest BCUT2D eigenvalue weighted by Crippen LogP contribution is -2.71. The predicted octanol–water partition coefficient (Wildman–Crippen LogP) is 1.30. The molecule has 0 spiro atoms. The molecule has 3 aliphatic rings. The summed E-state index contributed by atoms with van der Waals surface area (Å²) in [4.78, 5) is 56.2. The van der Waals surface area contributed by atoms with E-state index in [1.165, 1.54) is 4.90 Å². The number of carbonyl (C=O) groups is 4. The van der Waals surface area contributed by atoms with Crippen molar-refractivity contribution < 1.29 is 39.6 Å². The minimum absolute atomic E-state index is 0.00456. The number of nitrogens with two attached hydrogens (primary N) is 1. The molecule has 0 radical (unpaired) electrons. The minimum atomic E-state index is -2.61. The largest absolute Gasteiger partial charge is 0.510 e. The van der Waals surface area contributed by atoms with Crippen molar-refractivity contribution in [3.05, 3.63) is 62.8 Å². The molecule has 6 atom stereocenters. The van der Waals surface area contributed by atoms with Gasteiger partial charge in [-0.25, -0.2) is 0 Å². The second kappa shape index (κ2) is 11.3. The monoisotopic (exact) mass is 670 g/mol. The van der Waals surface area contributed by atoms with E-state index in [4.69, 9.17) is 5.73 Å². The van der Waals surface area contributed by atoms with E-state index >= 15 is 0 Å². The highest BCUT2D eigenvalue weighted by atomic mass is 79.9. The van der Waals surface area contributed by atoms with Crippen molar-refractivity contribution in [1.29, 1.82) is 0 Å². The number of primary amides is 1. The number of aliphatic hydroxyl groups is 3. The highest BCUT2D eigenvalue weighted by molar-refractivity contribution is 9.10. The Morgan fingerprint density at radius 3 is 2.32 bits per heavy atom. The maximum absolute atomic E-state index is 14.2. The van der Waals surface area contributed by atoms with Crippen LogP contribution in [-0.2, 0) is 27.2 Å². The summed E-state index contributed by atoms with van der Waals surface area (Å²) >= 11 is 3.35. The van der Waals surface area contributed by atoms with Gasteiger partial charge in [0.25, 0.3) is 5.91 Å². The number of amides is 2. The molecule has 5 rings (SSSR count). The maximum atomic E-state index is 14.2. The summed E-state index contributed by atoms with van der Waals surface area (Å²) in [5, 5.41) is 48.5. The molecule has 1 fully saturated rings. The van der Waals surface area contributed by atoms with Gasteiger partial charge in [0.15, 0.2) is 11.4 Å². The molecule has 2 amide bonds. The summed E-state index contributed by atoms with van der Waals surface area (Å²) in [7, 11) is 6.68. The van der Waals surface area contributed by atoms with Crippen LogP contribution in [0, 0.1) is 17.8 Å². The van der Waals surface area contributed by atoms with Crippen molar-refractivity contribution in [2.24, 2.45) is 23.5 Å². The number of hydrogen-bond donors (Lipinski definition) is 6. The number of benzene rings is 2. The highest BCUT2D eigenvalue weighted by Gasteiger charge is 2.66. The van der Waals surface area contributed by atoms with Crippen LogP contribution in [0.2, 0.25) is 0 Å². The van der Waals surface area contributed by atoms with Crippen LogP contribution < -0.4 is 16.0 Å². The van der Waals surface area contributed by atoms with Gasteiger partial charge in [-0.05, 0) is 62.2 Å². The molecule has 1 saturated carbocycles. The van der Waals surface area contributed by atoms with Gasteiger partial charge in [0, 0.05) is 30.2 Å². The zero-order valence-corrected chi connectivity index (χ0v) is 26.3. The summed E-state index contributed by atoms with van der Waals surface area (Å²) in [6.45, 7) is 0. The number of rotatable bonds is 6. The van der Waals surface area contributed by atoms with Gasteiger partial charge in [0.2, 0.25) is 11.7 Å². The standard InChI is InChI=1S/C31H35BrN4O8/c1-35(2)19-12-18(34-20(37)9-13-5-7-15(32)8-6-13)25(38)22-16(19)10-14-11-17-24(36(3)4)27(40)23(30(33)43)29(42)31(17,44)28(41)21(14)26(22)39/h5-8,12,14,17,21,24,28,38,40-41,44H,9-11H2,1-4H3,(H2,33,43)(H,34,37)/t14?,17?,21?,24-,28?,31?/m0/s1. The van der Waals surface area contributed by atoms with Gasteiger partial charge in [-0.2, -0.15) is 0 Å². The third-order valence-electron chi connectivity index (χ3n) is 9.17. The molecule has 12 nitrogen and oxygen atoms in total. The zero-order valence-electron chi connectivity index (χ0n) is 24.7. The number of anilines is 2. The number of phenolic OH excluding ortho intramolecular Hbond substituents is 1. The van der Waals surface area contributed by atoms with Gasteiger partial charge < -0.3 is 36.4 Å². The lowest BCUT2D eigenvalue weighted by atomic mass is 9.53. The first-order valence-electron chi connectivity index (χ1n) is 14.1. The third-order valence-corrected chi connectivity index (χ3v) is 9.69. The zero-order chi connectivity index (χ0) is 32.4. The van der Waals surface area contributed by atoms with E-state index in [2.05, 4.69) is 21.2 Å². The number of aromatic hydroxyl groups is 1. The summed E-state index contributed by atoms with van der Waals surface area (Å²) in [6, 6.07) is 7.69. The molecule has 0 aromatic heterocycles. The van der Waals surface area contributed by atoms with Gasteiger partial charge in [0.1, 0.15) is 23.2 Å². The first-order valence-corrected chi connectivity index (χ1v) is 14.9. The van der Waals surface area contributed by atoms with Crippen LogP contribution >= 0.6 is 15.9 Å². The Hall–Kier alpha value is -3.78. The van der Waals surface area contributed by atoms with Crippen molar-refractivity contribution in [2.45, 2.75) is 37.0 Å². The Kier molecular flexibility index (Phi) is 8.12. The average molecular weight is 672 g/mol. The van der Waals surface area contributed by atoms with Gasteiger partial charge in [-0.15, -0.1) is 0 Å². The number of phenols is 1. The molecule has 13 heteroatoms. The van der Waals surface area contributed by atoms with E-state index in [-0.39, 0.29) is 30.5 Å². The molecule has 2 aromatic carbocycles. The summed E-state index contributed by atoms with van der Waals surface area (Å²) in [6.07, 6.45) is -1.76. The number of hydrogen-bond acceptors (Lipinski definition) is 10. The van der Waals surface area contributed by atoms with Crippen molar-refractivity contribution >= 4 is 50.7 Å². The second-order valence-electron chi connectivity index (χ2n) is 12.2. The molecule has 7 N–H and O–H groups in total. The van der Waals surface area contributed by atoms with E-state index in [1.807, 2.05) is 0 Å². The van der Waals surface area contributed by atoms with E-state index in [9.17, 15) is 39.6 Å². The van der Waals surface area contributed by atoms with Crippen LogP contribution in [-0.4, -0.2) is 94.6 Å². The van der Waals surface area contributed by atoms with Crippen molar-refractivity contribution in [2.75, 3.05) is 38.4 Å². The van der Waals surface area contributed by atoms with Crippen molar-refractivity contribution in [1.82, 2.24) is 4.90 Å². The quantitative estimate of drug-likeness (QED) is 0.193. The predicted molar refractivity (Wildman–Crippen MR) is 164 cm³/mol. The van der Waals surface area contributed by atoms with Crippen LogP contribution in [0.4, 0.5) is 11.4 Å². The Balaban J connectivity index is 1.57. The van der Waals surface area contributed by atoms with E-state index in [0.717, 1.165) is 10.0 Å². The molecule has 0 heterocycles. The number of ketones is 2. The van der Waals surface area contributed by atoms with E-state index in [0.29, 0.717) is 11.3 Å². The van der Waals surface area contributed by atoms with Gasteiger partial charge >= 0.3 is 0 Å². The van der Waals surface area contributed by atoms with Gasteiger partial charge in [0.05, 0.1) is 29.6 Å². The lowest BCUT2D eigenvalue weighted by molar-refractivity contribution is -0.190. The number of aliphatic hydroxyl groups excluding tert-OH is 2. The van der Waals surface area contributed by atoms with Crippen LogP contribution in [0.15, 0.2) is 46.1 Å². The van der Waals surface area contributed by atoms with Crippen LogP contribution in [0.3, 0.4) is 0 Å². The fourth-order valence-electron chi connectivity index (χ4n) is 7.22. The van der Waals surface area contributed by atoms with E-state index < -0.39 is 76.0 Å². The summed E-state index contributed by atoms with van der Waals surface area (Å²) in [5.41, 5.74) is 3.61. The molecule has 0 aliphatic heterocycles. The molecular formula is C31H35BrN4O8. The Bertz CT molecular complexity index is 1600. The lowest BCUT2D eigenvalue weighted by Gasteiger charge is -2.55. The normalized spacial score (nSPS) is 27.9. The number of nitrogens with zero attached hydrogens (tertiary/aromatic N) is 2. The third kappa shape index (κ3) is 4.87. The SMILES string of the molecule is CN(C)c1cc(NC(=O)Cc2ccc(Br)cc2)c(O)c2c1CC1CC3[C@H](N(C)C)C(O)=C(C(N)=O)C(=O)C3(O)C(O)C1C2=O. The topological polar surface area (TPSA) is 194 Å². The number of likely N-dealkylation sites (N-methyl/N-ethyl adjacent to an activating group) is 1. The molecule has 234 valence electrons. The molecule has 3 aliphatic carbocycles. The van der Waals surface area contributed by atoms with Crippen LogP contribution in [0.25, 0.3) is 0 Å². The van der Waals surface area contributed by atoms with Gasteiger partial charge in [-0.3, -0.25) is 24.1 Å². The fraction of sp³-hybridized carbons (Fsp3) is 0.419. The number of halogens is 1. The van der Waals surface area contributed by atoms with Crippen molar-refractivity contribution in [3.63, 3.8) is 0 Å². The number of nitrogens with one attached hydrogen (secondary N) is 1. The van der Waals surface area contributed by atoms with Crippen LogP contribution in [0.5, 0.6) is 5.75 Å². The number of carbonyl (C=O) groups excluding carboxylic acids is 4. The second-order valence-corrected chi connectivity index (χ2v) is 13.1.